The third kappa shape index (κ3) is 5.22. The van der Waals surface area contributed by atoms with Gasteiger partial charge in [-0.15, -0.1) is 0 Å². The summed E-state index contributed by atoms with van der Waals surface area (Å²) in [5.74, 6) is -2.29. The van der Waals surface area contributed by atoms with E-state index in [9.17, 15) is 19.5 Å². The molecule has 2 unspecified atom stereocenters. The van der Waals surface area contributed by atoms with Crippen molar-refractivity contribution in [3.63, 3.8) is 0 Å². The van der Waals surface area contributed by atoms with Crippen LogP contribution in [0.25, 0.3) is 0 Å². The highest BCUT2D eigenvalue weighted by Gasteiger charge is 2.75. The molecule has 3 aliphatic heterocycles. The molecule has 3 heterocycles. The zero-order valence-electron chi connectivity index (χ0n) is 23.9. The van der Waals surface area contributed by atoms with E-state index in [-0.39, 0.29) is 35.7 Å². The molecule has 2 bridgehead atoms. The summed E-state index contributed by atoms with van der Waals surface area (Å²) in [4.78, 5) is 43.3. The first-order chi connectivity index (χ1) is 17.7. The van der Waals surface area contributed by atoms with Crippen LogP contribution in [0.4, 0.5) is 0 Å². The summed E-state index contributed by atoms with van der Waals surface area (Å²) in [6, 6.07) is 8.17. The van der Waals surface area contributed by atoms with Crippen molar-refractivity contribution in [2.75, 3.05) is 6.61 Å². The first-order valence-corrected chi connectivity index (χ1v) is 14.0. The molecule has 0 aromatic heterocycles. The van der Waals surface area contributed by atoms with Gasteiger partial charge in [0.15, 0.2) is 0 Å². The van der Waals surface area contributed by atoms with E-state index in [0.717, 1.165) is 12.0 Å². The number of rotatable bonds is 9. The van der Waals surface area contributed by atoms with E-state index in [1.807, 2.05) is 58.0 Å². The summed E-state index contributed by atoms with van der Waals surface area (Å²) >= 11 is 0. The van der Waals surface area contributed by atoms with Gasteiger partial charge >= 0.3 is 0 Å². The van der Waals surface area contributed by atoms with Gasteiger partial charge in [-0.3, -0.25) is 14.4 Å². The third-order valence-corrected chi connectivity index (χ3v) is 8.35. The van der Waals surface area contributed by atoms with Crippen LogP contribution in [-0.2, 0) is 25.7 Å². The fourth-order valence-corrected chi connectivity index (χ4v) is 7.34. The zero-order chi connectivity index (χ0) is 28.0. The average molecular weight is 528 g/mol. The van der Waals surface area contributed by atoms with E-state index in [1.54, 1.807) is 4.90 Å². The number of ether oxygens (including phenoxy) is 1. The van der Waals surface area contributed by atoms with Crippen molar-refractivity contribution < 1.29 is 24.2 Å². The smallest absolute Gasteiger partial charge is 0.246 e. The molecule has 1 aromatic carbocycles. The van der Waals surface area contributed by atoms with Gasteiger partial charge in [0, 0.05) is 12.1 Å². The van der Waals surface area contributed by atoms with E-state index in [4.69, 9.17) is 4.74 Å². The van der Waals surface area contributed by atoms with Crippen molar-refractivity contribution in [2.45, 2.75) is 104 Å². The van der Waals surface area contributed by atoms with Gasteiger partial charge in [-0.1, -0.05) is 65.0 Å². The molecular weight excluding hydrogens is 482 g/mol. The summed E-state index contributed by atoms with van der Waals surface area (Å²) < 4.78 is 6.53. The predicted octanol–water partition coefficient (Wildman–Crippen LogP) is 3.03. The first-order valence-electron chi connectivity index (χ1n) is 14.0. The Balaban J connectivity index is 1.66. The Labute approximate surface area is 226 Å². The Morgan fingerprint density at radius 1 is 1.13 bits per heavy atom. The fourth-order valence-electron chi connectivity index (χ4n) is 7.34. The molecule has 0 radical (unpaired) electrons. The monoisotopic (exact) mass is 527 g/mol. The lowest BCUT2D eigenvalue weighted by molar-refractivity contribution is -0.147. The molecule has 210 valence electrons. The van der Waals surface area contributed by atoms with Gasteiger partial charge in [0.25, 0.3) is 0 Å². The average Bonchev–Trinajstić information content (AvgIpc) is 3.44. The van der Waals surface area contributed by atoms with Crippen molar-refractivity contribution in [2.24, 2.45) is 23.2 Å². The van der Waals surface area contributed by atoms with Gasteiger partial charge in [-0.05, 0) is 50.0 Å². The molecule has 1 spiro atoms. The van der Waals surface area contributed by atoms with Crippen molar-refractivity contribution in [3.8, 4) is 0 Å². The molecule has 3 fully saturated rings. The van der Waals surface area contributed by atoms with E-state index in [2.05, 4.69) is 31.4 Å². The Hall–Kier alpha value is -2.45. The molecule has 3 amide bonds. The number of carbonyl (C=O) groups excluding carboxylic acids is 3. The Bertz CT molecular complexity index is 1050. The minimum Gasteiger partial charge on any atom is -0.394 e. The fraction of sp³-hybridized carbons (Fsp3) is 0.700. The SMILES string of the molecule is CC(C)[C@H](CO)N1C(=O)[C@@H]2[C@H](C(=O)NCc3ccccc3)[C@@H]3CCC2(O3)C1C(=O)NC(C)(C)CC(C)(C)C. The predicted molar refractivity (Wildman–Crippen MR) is 145 cm³/mol. The molecule has 1 aromatic rings. The second-order valence-electron chi connectivity index (χ2n) is 13.6. The molecule has 0 saturated carbocycles. The van der Waals surface area contributed by atoms with Gasteiger partial charge in [-0.2, -0.15) is 0 Å². The first kappa shape index (κ1) is 28.6. The second-order valence-corrected chi connectivity index (χ2v) is 13.6. The highest BCUT2D eigenvalue weighted by atomic mass is 16.5. The number of nitrogens with zero attached hydrogens (tertiary/aromatic N) is 1. The number of hydrogen-bond acceptors (Lipinski definition) is 5. The standard InChI is InChI=1S/C30H45N3O5/c1-18(2)20(16-34)33-24(26(36)32-29(6,7)17-28(3,4)5)30-14-13-21(38-30)22(23(30)27(33)37)25(35)31-15-19-11-9-8-10-12-19/h8-12,18,20-24,34H,13-17H2,1-7H3,(H,31,35)(H,32,36)/t20-,21-,22+,23-,24?,30?/m0/s1. The lowest BCUT2D eigenvalue weighted by atomic mass is 9.70. The molecule has 4 rings (SSSR count). The van der Waals surface area contributed by atoms with E-state index in [1.165, 1.54) is 0 Å². The highest BCUT2D eigenvalue weighted by Crippen LogP contribution is 2.59. The van der Waals surface area contributed by atoms with Crippen molar-refractivity contribution in [1.82, 2.24) is 15.5 Å². The van der Waals surface area contributed by atoms with Crippen LogP contribution in [0.3, 0.4) is 0 Å². The number of fused-ring (bicyclic) bond motifs is 1. The summed E-state index contributed by atoms with van der Waals surface area (Å²) in [6.45, 7) is 14.3. The van der Waals surface area contributed by atoms with Crippen LogP contribution in [-0.4, -0.2) is 63.7 Å². The number of aliphatic hydroxyl groups is 1. The van der Waals surface area contributed by atoms with Gasteiger partial charge < -0.3 is 25.4 Å². The molecule has 8 heteroatoms. The van der Waals surface area contributed by atoms with Crippen LogP contribution in [0.2, 0.25) is 0 Å². The van der Waals surface area contributed by atoms with Crippen LogP contribution < -0.4 is 10.6 Å². The van der Waals surface area contributed by atoms with Gasteiger partial charge in [0.1, 0.15) is 11.6 Å². The second kappa shape index (κ2) is 10.3. The Kier molecular flexibility index (Phi) is 7.71. The third-order valence-electron chi connectivity index (χ3n) is 8.35. The molecule has 6 atom stereocenters. The topological polar surface area (TPSA) is 108 Å². The summed E-state index contributed by atoms with van der Waals surface area (Å²) in [6.07, 6.45) is 1.47. The van der Waals surface area contributed by atoms with Crippen LogP contribution in [0.1, 0.15) is 73.3 Å². The maximum Gasteiger partial charge on any atom is 0.246 e. The Morgan fingerprint density at radius 3 is 2.37 bits per heavy atom. The van der Waals surface area contributed by atoms with Gasteiger partial charge in [-0.25, -0.2) is 0 Å². The minimum absolute atomic E-state index is 0.0153. The molecule has 0 aliphatic carbocycles. The lowest BCUT2D eigenvalue weighted by Gasteiger charge is -2.41. The van der Waals surface area contributed by atoms with Crippen molar-refractivity contribution in [3.05, 3.63) is 35.9 Å². The lowest BCUT2D eigenvalue weighted by Crippen LogP contribution is -2.61. The van der Waals surface area contributed by atoms with E-state index in [0.29, 0.717) is 19.4 Å². The number of nitrogens with one attached hydrogen (secondary N) is 2. The highest BCUT2D eigenvalue weighted by molar-refractivity contribution is 5.99. The van der Waals surface area contributed by atoms with Crippen LogP contribution in [0, 0.1) is 23.2 Å². The molecule has 3 N–H and O–H groups in total. The molecule has 3 aliphatic rings. The molecule has 38 heavy (non-hydrogen) atoms. The zero-order valence-corrected chi connectivity index (χ0v) is 23.9. The molecular formula is C30H45N3O5. The van der Waals surface area contributed by atoms with E-state index < -0.39 is 41.2 Å². The summed E-state index contributed by atoms with van der Waals surface area (Å²) in [5.41, 5.74) is -0.647. The maximum absolute atomic E-state index is 14.1. The summed E-state index contributed by atoms with van der Waals surface area (Å²) in [5, 5.41) is 16.5. The number of hydrogen-bond donors (Lipinski definition) is 3. The summed E-state index contributed by atoms with van der Waals surface area (Å²) in [7, 11) is 0. The molecule has 3 saturated heterocycles. The number of aliphatic hydroxyl groups excluding tert-OH is 1. The van der Waals surface area contributed by atoms with Gasteiger partial charge in [0.05, 0.1) is 30.6 Å². The van der Waals surface area contributed by atoms with E-state index >= 15 is 0 Å². The minimum atomic E-state index is -1.08. The van der Waals surface area contributed by atoms with Crippen LogP contribution in [0.15, 0.2) is 30.3 Å². The Morgan fingerprint density at radius 2 is 1.79 bits per heavy atom. The van der Waals surface area contributed by atoms with Gasteiger partial charge in [0.2, 0.25) is 17.7 Å². The van der Waals surface area contributed by atoms with Crippen molar-refractivity contribution >= 4 is 17.7 Å². The number of amides is 3. The number of likely N-dealkylation sites (tertiary alicyclic amines) is 1. The number of benzene rings is 1. The largest absolute Gasteiger partial charge is 0.394 e. The number of carbonyl (C=O) groups is 3. The molecule has 8 nitrogen and oxygen atoms in total. The van der Waals surface area contributed by atoms with Crippen molar-refractivity contribution in [1.29, 1.82) is 0 Å². The van der Waals surface area contributed by atoms with Crippen LogP contribution >= 0.6 is 0 Å². The maximum atomic E-state index is 14.1. The van der Waals surface area contributed by atoms with Crippen LogP contribution in [0.5, 0.6) is 0 Å². The quantitative estimate of drug-likeness (QED) is 0.458. The normalized spacial score (nSPS) is 29.5.